The molecule has 3 N–H and O–H groups in total. The van der Waals surface area contributed by atoms with Crippen LogP contribution in [0.2, 0.25) is 0 Å². The molecular weight excluding hydrogens is 306 g/mol. The second-order valence-corrected chi connectivity index (χ2v) is 6.54. The molecule has 0 radical (unpaired) electrons. The third-order valence-corrected chi connectivity index (χ3v) is 5.01. The highest BCUT2D eigenvalue weighted by atomic mass is 35.5. The number of anilines is 1. The number of halogens is 1. The molecule has 1 saturated carbocycles. The van der Waals surface area contributed by atoms with Crippen LogP contribution in [0.25, 0.3) is 10.2 Å². The fourth-order valence-corrected chi connectivity index (χ4v) is 3.91. The highest BCUT2D eigenvalue weighted by Gasteiger charge is 2.32. The number of carbonyl (C=O) groups is 1. The number of nitrogens with zero attached hydrogens (tertiary/aromatic N) is 1. The van der Waals surface area contributed by atoms with Crippen LogP contribution in [0.3, 0.4) is 0 Å². The number of benzene rings is 1. The smallest absolute Gasteiger partial charge is 0.229 e. The topological polar surface area (TPSA) is 68.0 Å². The van der Waals surface area contributed by atoms with Crippen molar-refractivity contribution in [2.45, 2.75) is 26.2 Å². The number of fused-ring (bicyclic) bond motifs is 1. The molecule has 114 valence electrons. The maximum atomic E-state index is 12.3. The highest BCUT2D eigenvalue weighted by Crippen LogP contribution is 2.33. The van der Waals surface area contributed by atoms with Gasteiger partial charge in [0.05, 0.1) is 10.2 Å². The largest absolute Gasteiger partial charge is 0.330 e. The number of aryl methyl sites for hydroxylation is 1. The summed E-state index contributed by atoms with van der Waals surface area (Å²) >= 11 is 1.53. The Morgan fingerprint density at radius 1 is 1.48 bits per heavy atom. The Labute approximate surface area is 134 Å². The van der Waals surface area contributed by atoms with E-state index in [9.17, 15) is 4.79 Å². The average molecular weight is 326 g/mol. The molecule has 6 heteroatoms. The lowest BCUT2D eigenvalue weighted by Crippen LogP contribution is -2.29. The van der Waals surface area contributed by atoms with Crippen LogP contribution < -0.4 is 11.1 Å². The third kappa shape index (κ3) is 3.36. The van der Waals surface area contributed by atoms with E-state index < -0.39 is 0 Å². The molecule has 1 aromatic carbocycles. The van der Waals surface area contributed by atoms with Gasteiger partial charge in [0.2, 0.25) is 5.91 Å². The predicted octanol–water partition coefficient (Wildman–Crippen LogP) is 3.34. The standard InChI is InChI=1S/C15H19N3OS.ClH/c1-9-5-6-12-13(7-9)20-15(17-12)18-14(19)11-4-2-3-10(11)8-16;/h5-7,10-11H,2-4,8,16H2,1H3,(H,17,18,19);1H/t10-,11-;/m1./s1. The molecule has 0 bridgehead atoms. The van der Waals surface area contributed by atoms with E-state index in [-0.39, 0.29) is 24.2 Å². The van der Waals surface area contributed by atoms with Crippen molar-refractivity contribution in [1.82, 2.24) is 4.98 Å². The maximum Gasteiger partial charge on any atom is 0.229 e. The van der Waals surface area contributed by atoms with Gasteiger partial charge in [0.25, 0.3) is 0 Å². The van der Waals surface area contributed by atoms with Crippen LogP contribution in [-0.2, 0) is 4.79 Å². The molecule has 0 spiro atoms. The maximum absolute atomic E-state index is 12.3. The minimum Gasteiger partial charge on any atom is -0.330 e. The molecule has 1 aliphatic rings. The van der Waals surface area contributed by atoms with E-state index in [1.165, 1.54) is 16.9 Å². The zero-order valence-electron chi connectivity index (χ0n) is 12.0. The number of aromatic nitrogens is 1. The summed E-state index contributed by atoms with van der Waals surface area (Å²) in [6.45, 7) is 2.65. The monoisotopic (exact) mass is 325 g/mol. The number of rotatable bonds is 3. The summed E-state index contributed by atoms with van der Waals surface area (Å²) in [5.41, 5.74) is 7.89. The van der Waals surface area contributed by atoms with Crippen molar-refractivity contribution in [2.24, 2.45) is 17.6 Å². The van der Waals surface area contributed by atoms with Gasteiger partial charge in [0, 0.05) is 5.92 Å². The molecule has 1 heterocycles. The van der Waals surface area contributed by atoms with Gasteiger partial charge in [-0.15, -0.1) is 12.4 Å². The van der Waals surface area contributed by atoms with E-state index in [1.54, 1.807) is 0 Å². The van der Waals surface area contributed by atoms with Gasteiger partial charge >= 0.3 is 0 Å². The van der Waals surface area contributed by atoms with Gasteiger partial charge in [0.15, 0.2) is 5.13 Å². The molecule has 0 saturated heterocycles. The van der Waals surface area contributed by atoms with E-state index in [2.05, 4.69) is 23.3 Å². The fourth-order valence-electron chi connectivity index (χ4n) is 2.95. The zero-order valence-corrected chi connectivity index (χ0v) is 13.6. The summed E-state index contributed by atoms with van der Waals surface area (Å²) in [7, 11) is 0. The molecule has 2 aromatic rings. The number of hydrogen-bond donors (Lipinski definition) is 2. The van der Waals surface area contributed by atoms with Crippen LogP contribution in [0, 0.1) is 18.8 Å². The third-order valence-electron chi connectivity index (χ3n) is 4.07. The first-order valence-corrected chi connectivity index (χ1v) is 7.87. The molecule has 1 fully saturated rings. The van der Waals surface area contributed by atoms with Gasteiger partial charge in [-0.05, 0) is 49.9 Å². The molecule has 2 atom stereocenters. The van der Waals surface area contributed by atoms with Crippen molar-refractivity contribution in [2.75, 3.05) is 11.9 Å². The van der Waals surface area contributed by atoms with Gasteiger partial charge in [0.1, 0.15) is 0 Å². The van der Waals surface area contributed by atoms with Gasteiger partial charge < -0.3 is 11.1 Å². The Morgan fingerprint density at radius 2 is 2.29 bits per heavy atom. The normalized spacial score (nSPS) is 21.2. The lowest BCUT2D eigenvalue weighted by molar-refractivity contribution is -0.120. The van der Waals surface area contributed by atoms with Gasteiger partial charge in [-0.3, -0.25) is 4.79 Å². The first-order valence-electron chi connectivity index (χ1n) is 7.05. The summed E-state index contributed by atoms with van der Waals surface area (Å²) in [6.07, 6.45) is 3.10. The summed E-state index contributed by atoms with van der Waals surface area (Å²) in [4.78, 5) is 16.8. The van der Waals surface area contributed by atoms with E-state index in [0.717, 1.165) is 29.5 Å². The molecule has 0 unspecified atom stereocenters. The quantitative estimate of drug-likeness (QED) is 0.909. The summed E-state index contributed by atoms with van der Waals surface area (Å²) in [6, 6.07) is 6.13. The molecule has 3 rings (SSSR count). The first kappa shape index (κ1) is 16.2. The molecule has 1 aromatic heterocycles. The number of carbonyl (C=O) groups excluding carboxylic acids is 1. The highest BCUT2D eigenvalue weighted by molar-refractivity contribution is 7.22. The number of hydrogen-bond acceptors (Lipinski definition) is 4. The van der Waals surface area contributed by atoms with Crippen LogP contribution in [0.15, 0.2) is 18.2 Å². The molecule has 1 amide bonds. The number of amides is 1. The number of nitrogens with two attached hydrogens (primary N) is 1. The Balaban J connectivity index is 0.00000161. The van der Waals surface area contributed by atoms with Crippen molar-refractivity contribution in [3.05, 3.63) is 23.8 Å². The second-order valence-electron chi connectivity index (χ2n) is 5.51. The minimum absolute atomic E-state index is 0. The summed E-state index contributed by atoms with van der Waals surface area (Å²) in [5.74, 6) is 0.453. The molecule has 0 aliphatic heterocycles. The molecule has 21 heavy (non-hydrogen) atoms. The molecule has 4 nitrogen and oxygen atoms in total. The van der Waals surface area contributed by atoms with Gasteiger partial charge in [-0.25, -0.2) is 4.98 Å². The van der Waals surface area contributed by atoms with Gasteiger partial charge in [-0.1, -0.05) is 23.8 Å². The van der Waals surface area contributed by atoms with E-state index in [4.69, 9.17) is 5.73 Å². The van der Waals surface area contributed by atoms with Crippen LogP contribution in [0.1, 0.15) is 24.8 Å². The fraction of sp³-hybridized carbons (Fsp3) is 0.467. The summed E-state index contributed by atoms with van der Waals surface area (Å²) in [5, 5.41) is 3.66. The van der Waals surface area contributed by atoms with Crippen LogP contribution in [0.5, 0.6) is 0 Å². The lowest BCUT2D eigenvalue weighted by Gasteiger charge is -2.16. The molecular formula is C15H20ClN3OS. The number of nitrogens with one attached hydrogen (secondary N) is 1. The Morgan fingerprint density at radius 3 is 3.05 bits per heavy atom. The summed E-state index contributed by atoms with van der Waals surface area (Å²) < 4.78 is 1.11. The van der Waals surface area contributed by atoms with Crippen molar-refractivity contribution < 1.29 is 4.79 Å². The van der Waals surface area contributed by atoms with E-state index in [1.807, 2.05) is 12.1 Å². The first-order chi connectivity index (χ1) is 9.67. The lowest BCUT2D eigenvalue weighted by atomic mass is 9.95. The number of thiazole rings is 1. The Hall–Kier alpha value is -1.17. The minimum atomic E-state index is 0. The van der Waals surface area contributed by atoms with Crippen molar-refractivity contribution in [1.29, 1.82) is 0 Å². The second kappa shape index (κ2) is 6.73. The average Bonchev–Trinajstić information content (AvgIpc) is 3.03. The van der Waals surface area contributed by atoms with Crippen molar-refractivity contribution in [3.8, 4) is 0 Å². The molecule has 1 aliphatic carbocycles. The van der Waals surface area contributed by atoms with E-state index >= 15 is 0 Å². The van der Waals surface area contributed by atoms with Crippen LogP contribution in [0.4, 0.5) is 5.13 Å². The van der Waals surface area contributed by atoms with Crippen LogP contribution >= 0.6 is 23.7 Å². The Kier molecular flexibility index (Phi) is 5.19. The van der Waals surface area contributed by atoms with E-state index in [0.29, 0.717) is 17.6 Å². The van der Waals surface area contributed by atoms with Crippen molar-refractivity contribution >= 4 is 45.0 Å². The predicted molar refractivity (Wildman–Crippen MR) is 90.1 cm³/mol. The van der Waals surface area contributed by atoms with Gasteiger partial charge in [-0.2, -0.15) is 0 Å². The zero-order chi connectivity index (χ0) is 14.1. The van der Waals surface area contributed by atoms with Crippen LogP contribution in [-0.4, -0.2) is 17.4 Å². The SMILES string of the molecule is Cc1ccc2nc(NC(=O)[C@@H]3CCC[C@@H]3CN)sc2c1.Cl. The van der Waals surface area contributed by atoms with Crippen molar-refractivity contribution in [3.63, 3.8) is 0 Å². The Bertz CT molecular complexity index is 643.